The molecule has 0 aliphatic carbocycles. The van der Waals surface area contributed by atoms with E-state index in [-0.39, 0.29) is 5.91 Å². The lowest BCUT2D eigenvalue weighted by molar-refractivity contribution is -0.130. The maximum Gasteiger partial charge on any atom is 0.222 e. The Morgan fingerprint density at radius 1 is 0.920 bits per heavy atom. The minimum atomic E-state index is 0.277. The molecule has 1 amide bonds. The van der Waals surface area contributed by atoms with Crippen LogP contribution in [0.5, 0.6) is 0 Å². The van der Waals surface area contributed by atoms with Crippen molar-refractivity contribution in [1.29, 1.82) is 0 Å². The van der Waals surface area contributed by atoms with Gasteiger partial charge in [0.15, 0.2) is 0 Å². The summed E-state index contributed by atoms with van der Waals surface area (Å²) in [6, 6.07) is 17.3. The first-order chi connectivity index (χ1) is 12.2. The highest BCUT2D eigenvalue weighted by atomic mass is 16.2. The molecule has 3 rings (SSSR count). The molecular weight excluding hydrogens is 308 g/mol. The van der Waals surface area contributed by atoms with E-state index in [0.29, 0.717) is 6.42 Å². The summed E-state index contributed by atoms with van der Waals surface area (Å²) in [6.07, 6.45) is 4.86. The summed E-state index contributed by atoms with van der Waals surface area (Å²) in [7, 11) is 1.91. The molecule has 0 saturated carbocycles. The Morgan fingerprint density at radius 3 is 2.12 bits per heavy atom. The van der Waals surface area contributed by atoms with Gasteiger partial charge < -0.3 is 9.47 Å². The third-order valence-corrected chi connectivity index (χ3v) is 4.94. The molecule has 3 aromatic rings. The fourth-order valence-electron chi connectivity index (χ4n) is 3.62. The maximum absolute atomic E-state index is 12.0. The van der Waals surface area contributed by atoms with Crippen LogP contribution >= 0.6 is 0 Å². The SMILES string of the molecule is CCCN(C)C(=O)CCCCCn1c2ccccc2c2ccccc21. The summed E-state index contributed by atoms with van der Waals surface area (Å²) in [5.41, 5.74) is 2.62. The number of aryl methyl sites for hydroxylation is 1. The number of hydrogen-bond donors (Lipinski definition) is 0. The molecule has 0 radical (unpaired) electrons. The maximum atomic E-state index is 12.0. The number of carbonyl (C=O) groups is 1. The van der Waals surface area contributed by atoms with Crippen LogP contribution in [0.25, 0.3) is 21.8 Å². The minimum absolute atomic E-state index is 0.277. The summed E-state index contributed by atoms with van der Waals surface area (Å²) >= 11 is 0. The van der Waals surface area contributed by atoms with Crippen molar-refractivity contribution >= 4 is 27.7 Å². The molecule has 0 atom stereocenters. The van der Waals surface area contributed by atoms with Crippen LogP contribution < -0.4 is 0 Å². The van der Waals surface area contributed by atoms with Gasteiger partial charge >= 0.3 is 0 Å². The van der Waals surface area contributed by atoms with Gasteiger partial charge in [0.2, 0.25) is 5.91 Å². The Hall–Kier alpha value is -2.29. The van der Waals surface area contributed by atoms with Gasteiger partial charge in [0.05, 0.1) is 0 Å². The van der Waals surface area contributed by atoms with Gasteiger partial charge in [-0.15, -0.1) is 0 Å². The van der Waals surface area contributed by atoms with E-state index in [1.54, 1.807) is 0 Å². The number of hydrogen-bond acceptors (Lipinski definition) is 1. The zero-order valence-corrected chi connectivity index (χ0v) is 15.4. The molecular formula is C22H28N2O. The first-order valence-electron chi connectivity index (χ1n) is 9.42. The van der Waals surface area contributed by atoms with E-state index in [9.17, 15) is 4.79 Å². The molecule has 0 aliphatic heterocycles. The van der Waals surface area contributed by atoms with Crippen LogP contribution in [0, 0.1) is 0 Å². The smallest absolute Gasteiger partial charge is 0.222 e. The number of benzene rings is 2. The second kappa shape index (κ2) is 8.19. The van der Waals surface area contributed by atoms with E-state index >= 15 is 0 Å². The number of carbonyl (C=O) groups excluding carboxylic acids is 1. The highest BCUT2D eigenvalue weighted by Crippen LogP contribution is 2.29. The van der Waals surface area contributed by atoms with E-state index in [1.807, 2.05) is 11.9 Å². The molecule has 0 aliphatic rings. The Bertz CT molecular complexity index is 796. The van der Waals surface area contributed by atoms with E-state index in [2.05, 4.69) is 60.0 Å². The highest BCUT2D eigenvalue weighted by Gasteiger charge is 2.10. The molecule has 0 unspecified atom stereocenters. The molecule has 25 heavy (non-hydrogen) atoms. The van der Waals surface area contributed by atoms with Crippen LogP contribution in [0.15, 0.2) is 48.5 Å². The molecule has 2 aromatic carbocycles. The van der Waals surface area contributed by atoms with Gasteiger partial charge in [-0.1, -0.05) is 49.7 Å². The first-order valence-corrected chi connectivity index (χ1v) is 9.42. The lowest BCUT2D eigenvalue weighted by Gasteiger charge is -2.15. The molecule has 0 fully saturated rings. The molecule has 3 heteroatoms. The van der Waals surface area contributed by atoms with Gasteiger partial charge in [0.1, 0.15) is 0 Å². The van der Waals surface area contributed by atoms with Gasteiger partial charge in [-0.05, 0) is 31.4 Å². The van der Waals surface area contributed by atoms with Crippen molar-refractivity contribution in [1.82, 2.24) is 9.47 Å². The number of rotatable bonds is 8. The lowest BCUT2D eigenvalue weighted by atomic mass is 10.1. The van der Waals surface area contributed by atoms with Crippen molar-refractivity contribution < 1.29 is 4.79 Å². The fourth-order valence-corrected chi connectivity index (χ4v) is 3.62. The third kappa shape index (κ3) is 3.87. The van der Waals surface area contributed by atoms with Gasteiger partial charge in [-0.2, -0.15) is 0 Å². The second-order valence-electron chi connectivity index (χ2n) is 6.81. The zero-order chi connectivity index (χ0) is 17.6. The van der Waals surface area contributed by atoms with Gasteiger partial charge in [-0.25, -0.2) is 0 Å². The van der Waals surface area contributed by atoms with Gasteiger partial charge in [0, 0.05) is 48.4 Å². The van der Waals surface area contributed by atoms with Crippen molar-refractivity contribution in [2.45, 2.75) is 45.6 Å². The molecule has 132 valence electrons. The van der Waals surface area contributed by atoms with Crippen LogP contribution in [0.3, 0.4) is 0 Å². The quantitative estimate of drug-likeness (QED) is 0.518. The van der Waals surface area contributed by atoms with E-state index in [1.165, 1.54) is 21.8 Å². The zero-order valence-electron chi connectivity index (χ0n) is 15.4. The number of para-hydroxylation sites is 2. The van der Waals surface area contributed by atoms with Crippen molar-refractivity contribution in [3.8, 4) is 0 Å². The van der Waals surface area contributed by atoms with Gasteiger partial charge in [0.25, 0.3) is 0 Å². The van der Waals surface area contributed by atoms with Crippen LogP contribution in [-0.2, 0) is 11.3 Å². The van der Waals surface area contributed by atoms with Crippen molar-refractivity contribution in [3.63, 3.8) is 0 Å². The predicted octanol–water partition coefficient (Wildman–Crippen LogP) is 5.22. The highest BCUT2D eigenvalue weighted by molar-refractivity contribution is 6.07. The largest absolute Gasteiger partial charge is 0.346 e. The lowest BCUT2D eigenvalue weighted by Crippen LogP contribution is -2.26. The van der Waals surface area contributed by atoms with Crippen LogP contribution in [0.1, 0.15) is 39.0 Å². The number of fused-ring (bicyclic) bond motifs is 3. The molecule has 3 nitrogen and oxygen atoms in total. The fraction of sp³-hybridized carbons (Fsp3) is 0.409. The third-order valence-electron chi connectivity index (χ3n) is 4.94. The van der Waals surface area contributed by atoms with Crippen molar-refractivity contribution in [2.75, 3.05) is 13.6 Å². The molecule has 1 aromatic heterocycles. The molecule has 1 heterocycles. The number of aromatic nitrogens is 1. The summed E-state index contributed by atoms with van der Waals surface area (Å²) < 4.78 is 2.43. The summed E-state index contributed by atoms with van der Waals surface area (Å²) in [5, 5.41) is 2.66. The first kappa shape index (κ1) is 17.5. The molecule has 0 bridgehead atoms. The van der Waals surface area contributed by atoms with Crippen LogP contribution in [0.2, 0.25) is 0 Å². The summed E-state index contributed by atoms with van der Waals surface area (Å²) in [4.78, 5) is 13.8. The second-order valence-corrected chi connectivity index (χ2v) is 6.81. The van der Waals surface area contributed by atoms with Crippen LogP contribution in [-0.4, -0.2) is 29.0 Å². The normalized spacial score (nSPS) is 11.3. The Labute approximate surface area is 150 Å². The average Bonchev–Trinajstić information content (AvgIpc) is 2.96. The van der Waals surface area contributed by atoms with Crippen molar-refractivity contribution in [2.24, 2.45) is 0 Å². The number of amides is 1. The Morgan fingerprint density at radius 2 is 1.52 bits per heavy atom. The van der Waals surface area contributed by atoms with Crippen LogP contribution in [0.4, 0.5) is 0 Å². The molecule has 0 saturated heterocycles. The Balaban J connectivity index is 1.61. The standard InChI is InChI=1S/C22H28N2O/c1-3-16-23(2)22(25)15-5-4-10-17-24-20-13-8-6-11-18(20)19-12-7-9-14-21(19)24/h6-9,11-14H,3-5,10,15-17H2,1-2H3. The van der Waals surface area contributed by atoms with Crippen molar-refractivity contribution in [3.05, 3.63) is 48.5 Å². The monoisotopic (exact) mass is 336 g/mol. The predicted molar refractivity (Wildman–Crippen MR) is 106 cm³/mol. The molecule has 0 N–H and O–H groups in total. The van der Waals surface area contributed by atoms with E-state index in [4.69, 9.17) is 0 Å². The van der Waals surface area contributed by atoms with Gasteiger partial charge in [-0.3, -0.25) is 4.79 Å². The molecule has 0 spiro atoms. The topological polar surface area (TPSA) is 25.2 Å². The number of unbranched alkanes of at least 4 members (excludes halogenated alkanes) is 2. The minimum Gasteiger partial charge on any atom is -0.346 e. The van der Waals surface area contributed by atoms with E-state index < -0.39 is 0 Å². The summed E-state index contributed by atoms with van der Waals surface area (Å²) in [5.74, 6) is 0.277. The number of nitrogens with zero attached hydrogens (tertiary/aromatic N) is 2. The van der Waals surface area contributed by atoms with E-state index in [0.717, 1.165) is 38.8 Å². The average molecular weight is 336 g/mol. The summed E-state index contributed by atoms with van der Waals surface area (Å²) in [6.45, 7) is 3.97. The Kier molecular flexibility index (Phi) is 5.75.